The number of hydrogen-bond donors (Lipinski definition) is 0. The second-order valence-corrected chi connectivity index (χ2v) is 2.83. The van der Waals surface area contributed by atoms with Gasteiger partial charge in [-0.15, -0.1) is 0 Å². The molecular formula is C10H8N2O2. The van der Waals surface area contributed by atoms with Gasteiger partial charge >= 0.3 is 0 Å². The fourth-order valence-corrected chi connectivity index (χ4v) is 1.17. The Morgan fingerprint density at radius 2 is 1.36 bits per heavy atom. The standard InChI is InChI=1S/C10H8N2O2/c1-7-3-8(2)10(12-6-14)4-9(7)11-5-13/h3-4H,1-2H3. The predicted octanol–water partition coefficient (Wildman–Crippen LogP) is 2.24. The normalized spacial score (nSPS) is 8.71. The maximum absolute atomic E-state index is 10.1. The van der Waals surface area contributed by atoms with Gasteiger partial charge in [0.05, 0.1) is 11.4 Å². The molecule has 0 fully saturated rings. The van der Waals surface area contributed by atoms with Gasteiger partial charge < -0.3 is 0 Å². The monoisotopic (exact) mass is 188 g/mol. The molecule has 0 atom stereocenters. The van der Waals surface area contributed by atoms with Gasteiger partial charge in [-0.3, -0.25) is 0 Å². The van der Waals surface area contributed by atoms with Crippen molar-refractivity contribution in [1.82, 2.24) is 0 Å². The lowest BCUT2D eigenvalue weighted by Gasteiger charge is -2.02. The van der Waals surface area contributed by atoms with E-state index >= 15 is 0 Å². The van der Waals surface area contributed by atoms with E-state index in [4.69, 9.17) is 0 Å². The van der Waals surface area contributed by atoms with Crippen LogP contribution in [-0.4, -0.2) is 12.2 Å². The molecule has 0 aromatic heterocycles. The highest BCUT2D eigenvalue weighted by Gasteiger charge is 2.02. The number of isocyanates is 2. The molecule has 0 saturated carbocycles. The van der Waals surface area contributed by atoms with E-state index < -0.39 is 0 Å². The highest BCUT2D eigenvalue weighted by molar-refractivity contribution is 5.64. The Labute approximate surface area is 81.0 Å². The number of nitrogens with zero attached hydrogens (tertiary/aromatic N) is 2. The largest absolute Gasteiger partial charge is 0.240 e. The van der Waals surface area contributed by atoms with E-state index in [0.717, 1.165) is 11.1 Å². The molecular weight excluding hydrogens is 180 g/mol. The minimum atomic E-state index is 0.472. The maximum atomic E-state index is 10.1. The molecule has 0 bridgehead atoms. The Bertz CT molecular complexity index is 414. The molecule has 1 rings (SSSR count). The molecule has 0 unspecified atom stereocenters. The minimum Gasteiger partial charge on any atom is -0.211 e. The Hall–Kier alpha value is -2.02. The van der Waals surface area contributed by atoms with Crippen LogP contribution in [0, 0.1) is 13.8 Å². The smallest absolute Gasteiger partial charge is 0.211 e. The average Bonchev–Trinajstić information content (AvgIpc) is 2.14. The SMILES string of the molecule is Cc1cc(C)c(N=C=O)cc1N=C=O. The van der Waals surface area contributed by atoms with Crippen LogP contribution in [0.5, 0.6) is 0 Å². The van der Waals surface area contributed by atoms with Crippen LogP contribution in [-0.2, 0) is 9.59 Å². The number of hydrogen-bond acceptors (Lipinski definition) is 4. The van der Waals surface area contributed by atoms with Crippen LogP contribution in [0.2, 0.25) is 0 Å². The highest BCUT2D eigenvalue weighted by atomic mass is 16.1. The summed E-state index contributed by atoms with van der Waals surface area (Å²) in [7, 11) is 0. The summed E-state index contributed by atoms with van der Waals surface area (Å²) in [6.07, 6.45) is 2.90. The molecule has 0 aliphatic carbocycles. The molecule has 1 aromatic carbocycles. The van der Waals surface area contributed by atoms with Crippen molar-refractivity contribution in [3.63, 3.8) is 0 Å². The Morgan fingerprint density at radius 1 is 0.929 bits per heavy atom. The van der Waals surface area contributed by atoms with Crippen molar-refractivity contribution in [2.24, 2.45) is 9.98 Å². The third-order valence-electron chi connectivity index (χ3n) is 1.85. The number of aliphatic imine (C=N–C) groups is 2. The summed E-state index contributed by atoms with van der Waals surface area (Å²) in [4.78, 5) is 27.2. The van der Waals surface area contributed by atoms with E-state index in [1.807, 2.05) is 13.8 Å². The van der Waals surface area contributed by atoms with Crippen LogP contribution in [0.4, 0.5) is 11.4 Å². The van der Waals surface area contributed by atoms with Crippen LogP contribution in [0.1, 0.15) is 11.1 Å². The molecule has 4 nitrogen and oxygen atoms in total. The molecule has 0 N–H and O–H groups in total. The number of carbonyl (C=O) groups excluding carboxylic acids is 2. The van der Waals surface area contributed by atoms with Crippen LogP contribution >= 0.6 is 0 Å². The molecule has 0 saturated heterocycles. The molecule has 0 radical (unpaired) electrons. The van der Waals surface area contributed by atoms with Crippen molar-refractivity contribution in [3.8, 4) is 0 Å². The first-order valence-corrected chi connectivity index (χ1v) is 3.96. The molecule has 0 aliphatic heterocycles. The summed E-state index contributed by atoms with van der Waals surface area (Å²) < 4.78 is 0. The molecule has 14 heavy (non-hydrogen) atoms. The zero-order valence-corrected chi connectivity index (χ0v) is 7.87. The minimum absolute atomic E-state index is 0.472. The zero-order valence-electron chi connectivity index (χ0n) is 7.87. The summed E-state index contributed by atoms with van der Waals surface area (Å²) in [5, 5.41) is 0. The first kappa shape index (κ1) is 10.1. The highest BCUT2D eigenvalue weighted by Crippen LogP contribution is 2.27. The first-order chi connectivity index (χ1) is 6.69. The topological polar surface area (TPSA) is 58.9 Å². The number of rotatable bonds is 2. The second-order valence-electron chi connectivity index (χ2n) is 2.83. The summed E-state index contributed by atoms with van der Waals surface area (Å²) >= 11 is 0. The van der Waals surface area contributed by atoms with Crippen LogP contribution in [0.25, 0.3) is 0 Å². The lowest BCUT2D eigenvalue weighted by atomic mass is 10.1. The van der Waals surface area contributed by atoms with Crippen molar-refractivity contribution < 1.29 is 9.59 Å². The van der Waals surface area contributed by atoms with Gasteiger partial charge in [0, 0.05) is 0 Å². The molecule has 0 spiro atoms. The van der Waals surface area contributed by atoms with Gasteiger partial charge in [-0.2, -0.15) is 9.98 Å². The van der Waals surface area contributed by atoms with Gasteiger partial charge in [-0.1, -0.05) is 6.07 Å². The van der Waals surface area contributed by atoms with Crippen molar-refractivity contribution in [1.29, 1.82) is 0 Å². The molecule has 0 amide bonds. The quantitative estimate of drug-likeness (QED) is 0.527. The Kier molecular flexibility index (Phi) is 3.08. The van der Waals surface area contributed by atoms with Gasteiger partial charge in [0.1, 0.15) is 0 Å². The van der Waals surface area contributed by atoms with Gasteiger partial charge in [0.2, 0.25) is 12.2 Å². The second kappa shape index (κ2) is 4.28. The number of aryl methyl sites for hydroxylation is 2. The summed E-state index contributed by atoms with van der Waals surface area (Å²) in [6.45, 7) is 3.63. The third kappa shape index (κ3) is 2.02. The summed E-state index contributed by atoms with van der Waals surface area (Å²) in [6, 6.07) is 3.35. The van der Waals surface area contributed by atoms with Crippen LogP contribution in [0.3, 0.4) is 0 Å². The van der Waals surface area contributed by atoms with Gasteiger partial charge in [0.25, 0.3) is 0 Å². The first-order valence-electron chi connectivity index (χ1n) is 3.96. The van der Waals surface area contributed by atoms with Crippen LogP contribution in [0.15, 0.2) is 22.1 Å². The molecule has 1 aromatic rings. The Morgan fingerprint density at radius 3 is 1.71 bits per heavy atom. The molecule has 4 heteroatoms. The zero-order chi connectivity index (χ0) is 10.6. The van der Waals surface area contributed by atoms with E-state index in [9.17, 15) is 9.59 Å². The maximum Gasteiger partial charge on any atom is 0.240 e. The molecule has 70 valence electrons. The average molecular weight is 188 g/mol. The third-order valence-corrected chi connectivity index (χ3v) is 1.85. The van der Waals surface area contributed by atoms with E-state index in [1.54, 1.807) is 12.1 Å². The van der Waals surface area contributed by atoms with Gasteiger partial charge in [0.15, 0.2) is 0 Å². The lowest BCUT2D eigenvalue weighted by molar-refractivity contribution is 0.564. The lowest BCUT2D eigenvalue weighted by Crippen LogP contribution is -1.79. The molecule has 0 heterocycles. The Balaban J connectivity index is 3.40. The van der Waals surface area contributed by atoms with Gasteiger partial charge in [-0.05, 0) is 31.0 Å². The summed E-state index contributed by atoms with van der Waals surface area (Å²) in [5.41, 5.74) is 2.63. The van der Waals surface area contributed by atoms with Crippen LogP contribution < -0.4 is 0 Å². The van der Waals surface area contributed by atoms with Crippen molar-refractivity contribution in [3.05, 3.63) is 23.3 Å². The number of benzene rings is 1. The summed E-state index contributed by atoms with van der Waals surface area (Å²) in [5.74, 6) is 0. The van der Waals surface area contributed by atoms with Crippen molar-refractivity contribution in [2.45, 2.75) is 13.8 Å². The van der Waals surface area contributed by atoms with Crippen molar-refractivity contribution in [2.75, 3.05) is 0 Å². The van der Waals surface area contributed by atoms with Crippen molar-refractivity contribution >= 4 is 23.5 Å². The fourth-order valence-electron chi connectivity index (χ4n) is 1.17. The van der Waals surface area contributed by atoms with Gasteiger partial charge in [-0.25, -0.2) is 9.59 Å². The van der Waals surface area contributed by atoms with E-state index in [0.29, 0.717) is 11.4 Å². The molecule has 0 aliphatic rings. The van der Waals surface area contributed by atoms with E-state index in [2.05, 4.69) is 9.98 Å². The van der Waals surface area contributed by atoms with E-state index in [1.165, 1.54) is 12.2 Å². The predicted molar refractivity (Wildman–Crippen MR) is 51.5 cm³/mol. The van der Waals surface area contributed by atoms with E-state index in [-0.39, 0.29) is 0 Å². The fraction of sp³-hybridized carbons (Fsp3) is 0.200.